The Morgan fingerprint density at radius 3 is 2.29 bits per heavy atom. The first-order valence-corrected chi connectivity index (χ1v) is 6.62. The minimum atomic E-state index is -0.955. The van der Waals surface area contributed by atoms with E-state index in [0.29, 0.717) is 12.2 Å². The summed E-state index contributed by atoms with van der Waals surface area (Å²) in [5, 5.41) is 8.86. The van der Waals surface area contributed by atoms with Gasteiger partial charge in [0.05, 0.1) is 5.56 Å². The predicted molar refractivity (Wildman–Crippen MR) is 79.5 cm³/mol. The number of carboxylic acids is 1. The van der Waals surface area contributed by atoms with Crippen LogP contribution in [-0.2, 0) is 6.54 Å². The Morgan fingerprint density at radius 2 is 1.81 bits per heavy atom. The summed E-state index contributed by atoms with van der Waals surface area (Å²) in [6, 6.07) is 8.46. The van der Waals surface area contributed by atoms with Gasteiger partial charge in [0.15, 0.2) is 0 Å². The van der Waals surface area contributed by atoms with Crippen LogP contribution in [0.3, 0.4) is 0 Å². The molecule has 0 atom stereocenters. The molecule has 2 aromatic rings. The lowest BCUT2D eigenvalue weighted by Crippen LogP contribution is -2.27. The number of carboxylic acid groups (broad SMARTS) is 1. The Balaban J connectivity index is 2.10. The van der Waals surface area contributed by atoms with Crippen LogP contribution in [0.4, 0.5) is 0 Å². The zero-order valence-corrected chi connectivity index (χ0v) is 12.3. The number of aromatic nitrogens is 1. The fraction of sp³-hybridized carbons (Fsp3) is 0.250. The maximum atomic E-state index is 12.4. The van der Waals surface area contributed by atoms with Gasteiger partial charge in [-0.1, -0.05) is 12.1 Å². The van der Waals surface area contributed by atoms with Crippen molar-refractivity contribution in [3.63, 3.8) is 0 Å². The molecular weight excluding hydrogens is 268 g/mol. The van der Waals surface area contributed by atoms with E-state index >= 15 is 0 Å². The van der Waals surface area contributed by atoms with Gasteiger partial charge in [0, 0.05) is 19.3 Å². The number of benzene rings is 1. The number of hydrogen-bond donors (Lipinski definition) is 2. The fourth-order valence-corrected chi connectivity index (χ4v) is 2.24. The SMILES string of the molecule is Cc1cc(C)c(C(=O)N(C)Cc2ccc(C(=O)O)cc2)[nH]1. The average Bonchev–Trinajstić information content (AvgIpc) is 2.77. The molecule has 5 nitrogen and oxygen atoms in total. The van der Waals surface area contributed by atoms with Gasteiger partial charge in [0.25, 0.3) is 5.91 Å². The third-order valence-corrected chi connectivity index (χ3v) is 3.33. The van der Waals surface area contributed by atoms with Crippen LogP contribution in [0.5, 0.6) is 0 Å². The van der Waals surface area contributed by atoms with E-state index in [1.54, 1.807) is 36.2 Å². The molecule has 0 fully saturated rings. The molecule has 0 radical (unpaired) electrons. The van der Waals surface area contributed by atoms with Gasteiger partial charge >= 0.3 is 5.97 Å². The summed E-state index contributed by atoms with van der Waals surface area (Å²) in [5.41, 5.74) is 3.60. The van der Waals surface area contributed by atoms with Crippen LogP contribution in [0.1, 0.15) is 37.7 Å². The summed E-state index contributed by atoms with van der Waals surface area (Å²) in [6.45, 7) is 4.23. The first kappa shape index (κ1) is 14.8. The number of amides is 1. The van der Waals surface area contributed by atoms with E-state index in [2.05, 4.69) is 4.98 Å². The highest BCUT2D eigenvalue weighted by atomic mass is 16.4. The van der Waals surface area contributed by atoms with Gasteiger partial charge < -0.3 is 15.0 Å². The van der Waals surface area contributed by atoms with Crippen molar-refractivity contribution in [2.24, 2.45) is 0 Å². The summed E-state index contributed by atoms with van der Waals surface area (Å²) in [5.74, 6) is -1.04. The molecule has 0 aliphatic rings. The van der Waals surface area contributed by atoms with Gasteiger partial charge in [-0.3, -0.25) is 4.79 Å². The van der Waals surface area contributed by atoms with Gasteiger partial charge in [-0.05, 0) is 43.2 Å². The van der Waals surface area contributed by atoms with Gasteiger partial charge in [0.2, 0.25) is 0 Å². The average molecular weight is 286 g/mol. The predicted octanol–water partition coefficient (Wildman–Crippen LogP) is 2.60. The largest absolute Gasteiger partial charge is 0.478 e. The summed E-state index contributed by atoms with van der Waals surface area (Å²) in [6.07, 6.45) is 0. The molecule has 0 unspecified atom stereocenters. The summed E-state index contributed by atoms with van der Waals surface area (Å²) in [7, 11) is 1.73. The Hall–Kier alpha value is -2.56. The molecule has 1 aromatic carbocycles. The van der Waals surface area contributed by atoms with Crippen molar-refractivity contribution in [3.05, 3.63) is 58.4 Å². The van der Waals surface area contributed by atoms with Crippen molar-refractivity contribution in [2.75, 3.05) is 7.05 Å². The van der Waals surface area contributed by atoms with Crippen LogP contribution in [-0.4, -0.2) is 33.9 Å². The molecule has 0 aliphatic carbocycles. The minimum Gasteiger partial charge on any atom is -0.478 e. The molecule has 1 aromatic heterocycles. The number of nitrogens with one attached hydrogen (secondary N) is 1. The second-order valence-corrected chi connectivity index (χ2v) is 5.17. The number of rotatable bonds is 4. The third kappa shape index (κ3) is 3.31. The van der Waals surface area contributed by atoms with E-state index in [1.165, 1.54) is 0 Å². The molecule has 0 aliphatic heterocycles. The van der Waals surface area contributed by atoms with Crippen LogP contribution in [0.2, 0.25) is 0 Å². The topological polar surface area (TPSA) is 73.4 Å². The molecule has 2 rings (SSSR count). The van der Waals surface area contributed by atoms with Crippen LogP contribution >= 0.6 is 0 Å². The highest BCUT2D eigenvalue weighted by molar-refractivity contribution is 5.93. The van der Waals surface area contributed by atoms with E-state index in [0.717, 1.165) is 16.8 Å². The number of hydrogen-bond acceptors (Lipinski definition) is 2. The zero-order chi connectivity index (χ0) is 15.6. The molecule has 0 saturated carbocycles. The lowest BCUT2D eigenvalue weighted by Gasteiger charge is -2.17. The first-order chi connectivity index (χ1) is 9.88. The normalized spacial score (nSPS) is 10.4. The third-order valence-electron chi connectivity index (χ3n) is 3.33. The van der Waals surface area contributed by atoms with Gasteiger partial charge in [-0.15, -0.1) is 0 Å². The Bertz CT molecular complexity index is 671. The summed E-state index contributed by atoms with van der Waals surface area (Å²) in [4.78, 5) is 27.8. The molecular formula is C16H18N2O3. The maximum Gasteiger partial charge on any atom is 0.335 e. The van der Waals surface area contributed by atoms with Gasteiger partial charge in [-0.2, -0.15) is 0 Å². The molecule has 0 saturated heterocycles. The maximum absolute atomic E-state index is 12.4. The van der Waals surface area contributed by atoms with E-state index in [-0.39, 0.29) is 11.5 Å². The van der Waals surface area contributed by atoms with Crippen LogP contribution in [0, 0.1) is 13.8 Å². The number of aromatic carboxylic acids is 1. The van der Waals surface area contributed by atoms with Crippen LogP contribution < -0.4 is 0 Å². The van der Waals surface area contributed by atoms with E-state index < -0.39 is 5.97 Å². The van der Waals surface area contributed by atoms with Crippen molar-refractivity contribution in [2.45, 2.75) is 20.4 Å². The zero-order valence-electron chi connectivity index (χ0n) is 12.3. The molecule has 5 heteroatoms. The van der Waals surface area contributed by atoms with Crippen LogP contribution in [0.25, 0.3) is 0 Å². The Labute approximate surface area is 123 Å². The number of aromatic amines is 1. The number of aryl methyl sites for hydroxylation is 2. The van der Waals surface area contributed by atoms with Gasteiger partial charge in [-0.25, -0.2) is 4.79 Å². The molecule has 110 valence electrons. The number of nitrogens with zero attached hydrogens (tertiary/aromatic N) is 1. The van der Waals surface area contributed by atoms with E-state index in [4.69, 9.17) is 5.11 Å². The number of carbonyl (C=O) groups is 2. The van der Waals surface area contributed by atoms with Crippen molar-refractivity contribution < 1.29 is 14.7 Å². The second-order valence-electron chi connectivity index (χ2n) is 5.17. The lowest BCUT2D eigenvalue weighted by atomic mass is 10.1. The number of H-pyrrole nitrogens is 1. The molecule has 2 N–H and O–H groups in total. The number of carbonyl (C=O) groups excluding carboxylic acids is 1. The highest BCUT2D eigenvalue weighted by Gasteiger charge is 2.16. The highest BCUT2D eigenvalue weighted by Crippen LogP contribution is 2.13. The van der Waals surface area contributed by atoms with E-state index in [9.17, 15) is 9.59 Å². The molecule has 0 bridgehead atoms. The van der Waals surface area contributed by atoms with Crippen LogP contribution in [0.15, 0.2) is 30.3 Å². The van der Waals surface area contributed by atoms with Gasteiger partial charge in [0.1, 0.15) is 5.69 Å². The standard InChI is InChI=1S/C16H18N2O3/c1-10-8-11(2)17-14(10)15(19)18(3)9-12-4-6-13(7-5-12)16(20)21/h4-8,17H,9H2,1-3H3,(H,20,21). The van der Waals surface area contributed by atoms with Crippen molar-refractivity contribution >= 4 is 11.9 Å². The van der Waals surface area contributed by atoms with Crippen molar-refractivity contribution in [1.82, 2.24) is 9.88 Å². The molecule has 1 amide bonds. The monoisotopic (exact) mass is 286 g/mol. The minimum absolute atomic E-state index is 0.0806. The van der Waals surface area contributed by atoms with E-state index in [1.807, 2.05) is 19.9 Å². The van der Waals surface area contributed by atoms with Crippen molar-refractivity contribution in [1.29, 1.82) is 0 Å². The fourth-order valence-electron chi connectivity index (χ4n) is 2.24. The first-order valence-electron chi connectivity index (χ1n) is 6.62. The Morgan fingerprint density at radius 1 is 1.19 bits per heavy atom. The second kappa shape index (κ2) is 5.83. The lowest BCUT2D eigenvalue weighted by molar-refractivity contribution is 0.0695. The molecule has 1 heterocycles. The summed E-state index contributed by atoms with van der Waals surface area (Å²) >= 11 is 0. The smallest absolute Gasteiger partial charge is 0.335 e. The van der Waals surface area contributed by atoms with Crippen molar-refractivity contribution in [3.8, 4) is 0 Å². The Kier molecular flexibility index (Phi) is 4.12. The quantitative estimate of drug-likeness (QED) is 0.907. The molecule has 21 heavy (non-hydrogen) atoms. The summed E-state index contributed by atoms with van der Waals surface area (Å²) < 4.78 is 0. The molecule has 0 spiro atoms.